The molecule has 0 aromatic heterocycles. The van der Waals surface area contributed by atoms with Crippen molar-refractivity contribution < 1.29 is 22.3 Å². The molecule has 7 heteroatoms. The smallest absolute Gasteiger partial charge is 0.403 e. The van der Waals surface area contributed by atoms with Crippen molar-refractivity contribution >= 4 is 11.9 Å². The number of para-hydroxylation sites is 1. The van der Waals surface area contributed by atoms with E-state index in [4.69, 9.17) is 0 Å². The zero-order chi connectivity index (χ0) is 15.3. The van der Waals surface area contributed by atoms with Gasteiger partial charge in [0.25, 0.3) is 0 Å². The normalized spacial score (nSPS) is 11.6. The fraction of sp³-hybridized carbons (Fsp3) is 0.0714. The van der Waals surface area contributed by atoms with Crippen molar-refractivity contribution in [3.8, 4) is 5.75 Å². The lowest BCUT2D eigenvalue weighted by atomic mass is 10.2. The van der Waals surface area contributed by atoms with Gasteiger partial charge in [0, 0.05) is 0 Å². The minimum absolute atomic E-state index is 0.263. The predicted molar refractivity (Wildman–Crippen MR) is 70.7 cm³/mol. The highest BCUT2D eigenvalue weighted by atomic mass is 19.4. The van der Waals surface area contributed by atoms with Crippen LogP contribution in [-0.2, 0) is 0 Å². The number of nitrogens with one attached hydrogen (secondary N) is 1. The zero-order valence-corrected chi connectivity index (χ0v) is 10.6. The van der Waals surface area contributed by atoms with Crippen molar-refractivity contribution in [1.29, 1.82) is 0 Å². The molecule has 21 heavy (non-hydrogen) atoms. The fourth-order valence-corrected chi connectivity index (χ4v) is 1.50. The summed E-state index contributed by atoms with van der Waals surface area (Å²) in [7, 11) is 0. The molecule has 0 saturated carbocycles. The summed E-state index contributed by atoms with van der Waals surface area (Å²) in [6, 6.07) is 12.0. The maximum absolute atomic E-state index is 13.2. The van der Waals surface area contributed by atoms with Crippen LogP contribution in [0.1, 0.15) is 5.56 Å². The maximum atomic E-state index is 13.2. The molecule has 2 aromatic carbocycles. The van der Waals surface area contributed by atoms with Crippen molar-refractivity contribution in [3.05, 3.63) is 59.9 Å². The number of anilines is 1. The average Bonchev–Trinajstić information content (AvgIpc) is 2.42. The van der Waals surface area contributed by atoms with Gasteiger partial charge in [-0.25, -0.2) is 4.39 Å². The SMILES string of the molecule is Fc1ccc(C=NNc2ccccc2)cc1OC(F)(F)F. The van der Waals surface area contributed by atoms with Gasteiger partial charge in [0.05, 0.1) is 11.9 Å². The van der Waals surface area contributed by atoms with Crippen molar-refractivity contribution in [1.82, 2.24) is 0 Å². The first-order valence-corrected chi connectivity index (χ1v) is 5.83. The molecule has 0 aliphatic carbocycles. The molecule has 2 rings (SSSR count). The first-order chi connectivity index (χ1) is 9.94. The van der Waals surface area contributed by atoms with E-state index in [0.717, 1.165) is 12.1 Å². The van der Waals surface area contributed by atoms with E-state index in [-0.39, 0.29) is 5.56 Å². The van der Waals surface area contributed by atoms with Gasteiger partial charge >= 0.3 is 6.36 Å². The van der Waals surface area contributed by atoms with Crippen LogP contribution in [0.2, 0.25) is 0 Å². The maximum Gasteiger partial charge on any atom is 0.573 e. The van der Waals surface area contributed by atoms with Crippen LogP contribution in [0.5, 0.6) is 5.75 Å². The first kappa shape index (κ1) is 14.8. The number of hydrogen-bond donors (Lipinski definition) is 1. The Kier molecular flexibility index (Phi) is 4.42. The van der Waals surface area contributed by atoms with Crippen molar-refractivity contribution in [2.24, 2.45) is 5.10 Å². The number of benzene rings is 2. The third-order valence-electron chi connectivity index (χ3n) is 2.36. The molecule has 1 N–H and O–H groups in total. The Bertz CT molecular complexity index is 627. The molecule has 0 amide bonds. The molecule has 0 spiro atoms. The van der Waals surface area contributed by atoms with Gasteiger partial charge in [0.2, 0.25) is 0 Å². The Morgan fingerprint density at radius 2 is 1.76 bits per heavy atom. The quantitative estimate of drug-likeness (QED) is 0.522. The van der Waals surface area contributed by atoms with Crippen LogP contribution in [0.3, 0.4) is 0 Å². The average molecular weight is 298 g/mol. The van der Waals surface area contributed by atoms with Crippen LogP contribution >= 0.6 is 0 Å². The molecular formula is C14H10F4N2O. The Morgan fingerprint density at radius 3 is 2.43 bits per heavy atom. The monoisotopic (exact) mass is 298 g/mol. The summed E-state index contributed by atoms with van der Waals surface area (Å²) in [5.41, 5.74) is 3.66. The van der Waals surface area contributed by atoms with E-state index in [2.05, 4.69) is 15.3 Å². The van der Waals surface area contributed by atoms with Gasteiger partial charge < -0.3 is 4.74 Å². The van der Waals surface area contributed by atoms with E-state index in [1.165, 1.54) is 12.3 Å². The Balaban J connectivity index is 2.08. The van der Waals surface area contributed by atoms with Gasteiger partial charge in [-0.05, 0) is 29.8 Å². The molecule has 2 aromatic rings. The number of hydrogen-bond acceptors (Lipinski definition) is 3. The lowest BCUT2D eigenvalue weighted by molar-refractivity contribution is -0.275. The van der Waals surface area contributed by atoms with E-state index < -0.39 is 17.9 Å². The summed E-state index contributed by atoms with van der Waals surface area (Å²) in [6.45, 7) is 0. The molecule has 0 unspecified atom stereocenters. The number of rotatable bonds is 4. The molecule has 0 aliphatic heterocycles. The number of nitrogens with zero attached hydrogens (tertiary/aromatic N) is 1. The third kappa shape index (κ3) is 4.79. The summed E-state index contributed by atoms with van der Waals surface area (Å²) in [5, 5.41) is 3.84. The van der Waals surface area contributed by atoms with E-state index in [9.17, 15) is 17.6 Å². The molecule has 0 saturated heterocycles. The summed E-state index contributed by atoms with van der Waals surface area (Å²) < 4.78 is 53.1. The molecule has 0 atom stereocenters. The minimum Gasteiger partial charge on any atom is -0.403 e. The summed E-state index contributed by atoms with van der Waals surface area (Å²) in [6.07, 6.45) is -3.69. The van der Waals surface area contributed by atoms with E-state index in [0.29, 0.717) is 5.69 Å². The molecule has 0 aliphatic rings. The second-order valence-electron chi connectivity index (χ2n) is 3.97. The summed E-state index contributed by atoms with van der Waals surface area (Å²) in [5.74, 6) is -1.99. The summed E-state index contributed by atoms with van der Waals surface area (Å²) >= 11 is 0. The number of halogens is 4. The van der Waals surface area contributed by atoms with Crippen molar-refractivity contribution in [2.45, 2.75) is 6.36 Å². The Morgan fingerprint density at radius 1 is 1.05 bits per heavy atom. The van der Waals surface area contributed by atoms with E-state index in [1.807, 2.05) is 6.07 Å². The van der Waals surface area contributed by atoms with Gasteiger partial charge in [0.15, 0.2) is 11.6 Å². The number of alkyl halides is 3. The predicted octanol–water partition coefficient (Wildman–Crippen LogP) is 4.17. The summed E-state index contributed by atoms with van der Waals surface area (Å²) in [4.78, 5) is 0. The van der Waals surface area contributed by atoms with E-state index in [1.54, 1.807) is 24.3 Å². The van der Waals surface area contributed by atoms with Crippen LogP contribution in [0, 0.1) is 5.82 Å². The molecule has 0 bridgehead atoms. The standard InChI is InChI=1S/C14H10F4N2O/c15-12-7-6-10(8-13(12)21-14(16,17)18)9-19-20-11-4-2-1-3-5-11/h1-9,20H. The van der Waals surface area contributed by atoms with Gasteiger partial charge in [-0.2, -0.15) is 5.10 Å². The van der Waals surface area contributed by atoms with E-state index >= 15 is 0 Å². The highest BCUT2D eigenvalue weighted by Crippen LogP contribution is 2.26. The van der Waals surface area contributed by atoms with Crippen LogP contribution in [0.15, 0.2) is 53.6 Å². The van der Waals surface area contributed by atoms with Gasteiger partial charge in [-0.1, -0.05) is 24.3 Å². The van der Waals surface area contributed by atoms with Crippen LogP contribution < -0.4 is 10.2 Å². The highest BCUT2D eigenvalue weighted by Gasteiger charge is 2.32. The van der Waals surface area contributed by atoms with Crippen LogP contribution in [0.25, 0.3) is 0 Å². The fourth-order valence-electron chi connectivity index (χ4n) is 1.50. The topological polar surface area (TPSA) is 33.6 Å². The van der Waals surface area contributed by atoms with Crippen LogP contribution in [-0.4, -0.2) is 12.6 Å². The molecule has 0 radical (unpaired) electrons. The second-order valence-corrected chi connectivity index (χ2v) is 3.97. The number of ether oxygens (including phenoxy) is 1. The zero-order valence-electron chi connectivity index (χ0n) is 10.6. The molecule has 3 nitrogen and oxygen atoms in total. The molecule has 110 valence electrons. The van der Waals surface area contributed by atoms with Gasteiger partial charge in [-0.3, -0.25) is 5.43 Å². The molecule has 0 fully saturated rings. The third-order valence-corrected chi connectivity index (χ3v) is 2.36. The lowest BCUT2D eigenvalue weighted by Crippen LogP contribution is -2.18. The lowest BCUT2D eigenvalue weighted by Gasteiger charge is -2.09. The van der Waals surface area contributed by atoms with Gasteiger partial charge in [-0.15, -0.1) is 13.2 Å². The Labute approximate surface area is 117 Å². The minimum atomic E-state index is -4.95. The van der Waals surface area contributed by atoms with Crippen molar-refractivity contribution in [3.63, 3.8) is 0 Å². The van der Waals surface area contributed by atoms with Crippen LogP contribution in [0.4, 0.5) is 23.2 Å². The largest absolute Gasteiger partial charge is 0.573 e. The molecule has 0 heterocycles. The molecular weight excluding hydrogens is 288 g/mol. The first-order valence-electron chi connectivity index (χ1n) is 5.83. The number of hydrazone groups is 1. The second kappa shape index (κ2) is 6.25. The van der Waals surface area contributed by atoms with Gasteiger partial charge in [0.1, 0.15) is 0 Å². The Hall–Kier alpha value is -2.57. The highest BCUT2D eigenvalue weighted by molar-refractivity contribution is 5.80. The van der Waals surface area contributed by atoms with Crippen molar-refractivity contribution in [2.75, 3.05) is 5.43 Å².